The minimum absolute atomic E-state index is 0.0197. The van der Waals surface area contributed by atoms with Gasteiger partial charge in [0, 0.05) is 12.0 Å². The summed E-state index contributed by atoms with van der Waals surface area (Å²) in [4.78, 5) is 6.13. The van der Waals surface area contributed by atoms with E-state index in [4.69, 9.17) is 4.74 Å². The molecule has 2 aliphatic rings. The number of anilines is 3. The van der Waals surface area contributed by atoms with Crippen molar-refractivity contribution in [2.45, 2.75) is 29.5 Å². The first-order chi connectivity index (χ1) is 19.7. The van der Waals surface area contributed by atoms with Gasteiger partial charge in [0.15, 0.2) is 17.2 Å². The zero-order chi connectivity index (χ0) is 28.8. The van der Waals surface area contributed by atoms with Crippen LogP contribution in [0.1, 0.15) is 18.4 Å². The molecule has 1 aliphatic carbocycles. The van der Waals surface area contributed by atoms with Crippen molar-refractivity contribution in [1.82, 2.24) is 0 Å². The lowest BCUT2D eigenvalue weighted by Gasteiger charge is -2.34. The van der Waals surface area contributed by atoms with Crippen molar-refractivity contribution in [2.75, 3.05) is 11.4 Å². The fraction of sp³-hybridized carbons (Fsp3) is 0.167. The lowest BCUT2D eigenvalue weighted by atomic mass is 9.94. The molecular formula is C30H23F3N3O4S-. The van der Waals surface area contributed by atoms with Crippen molar-refractivity contribution < 1.29 is 32.0 Å². The molecule has 210 valence electrons. The highest BCUT2D eigenvalue weighted by molar-refractivity contribution is 7.74. The van der Waals surface area contributed by atoms with Crippen LogP contribution in [-0.2, 0) is 20.2 Å². The van der Waals surface area contributed by atoms with Crippen LogP contribution in [0.2, 0.25) is 0 Å². The first-order valence-electron chi connectivity index (χ1n) is 12.6. The summed E-state index contributed by atoms with van der Waals surface area (Å²) >= 11 is 0. The number of benzene rings is 4. The zero-order valence-corrected chi connectivity index (χ0v) is 22.3. The molecule has 0 radical (unpaired) electrons. The molecule has 0 bridgehead atoms. The van der Waals surface area contributed by atoms with Crippen LogP contribution in [0.3, 0.4) is 0 Å². The maximum Gasteiger partial charge on any atom is 0.573 e. The average Bonchev–Trinajstić information content (AvgIpc) is 3.75. The van der Waals surface area contributed by atoms with Gasteiger partial charge in [-0.2, -0.15) is 10.6 Å². The Morgan fingerprint density at radius 2 is 1.66 bits per heavy atom. The van der Waals surface area contributed by atoms with Crippen molar-refractivity contribution in [3.63, 3.8) is 0 Å². The van der Waals surface area contributed by atoms with Gasteiger partial charge in [-0.3, -0.25) is 9.89 Å². The second kappa shape index (κ2) is 10.2. The minimum Gasteiger partial charge on any atom is -0.504 e. The predicted molar refractivity (Wildman–Crippen MR) is 150 cm³/mol. The summed E-state index contributed by atoms with van der Waals surface area (Å²) in [6.07, 6.45) is -3.15. The first-order valence-corrected chi connectivity index (χ1v) is 13.7. The molecule has 0 aromatic heterocycles. The van der Waals surface area contributed by atoms with Gasteiger partial charge in [-0.05, 0) is 73.7 Å². The van der Waals surface area contributed by atoms with Gasteiger partial charge in [0.05, 0.1) is 17.1 Å². The van der Waals surface area contributed by atoms with E-state index in [-0.39, 0.29) is 28.4 Å². The van der Waals surface area contributed by atoms with Crippen LogP contribution in [0.15, 0.2) is 99.2 Å². The van der Waals surface area contributed by atoms with Crippen LogP contribution < -0.4 is 14.4 Å². The molecule has 0 spiro atoms. The standard InChI is InChI=1S/C30H23F3N3O4S/c1-34-22-5-4-7-24(28(22)37)36-23-6-2-3-8-26(23)39-27-14-9-19(17-25(27)36)29(15-16-29)18-35-41(38)21-12-10-20(11-13-21)40-30(31,32)33/h2-14,17,37H,1,15-16,18H2/q-1. The molecule has 0 unspecified atom stereocenters. The summed E-state index contributed by atoms with van der Waals surface area (Å²) in [7, 11) is -1.77. The second-order valence-corrected chi connectivity index (χ2v) is 11.0. The summed E-state index contributed by atoms with van der Waals surface area (Å²) in [5, 5.41) is 11.0. The predicted octanol–water partition coefficient (Wildman–Crippen LogP) is 8.44. The highest BCUT2D eigenvalue weighted by atomic mass is 32.2. The topological polar surface area (TPSA) is 83.7 Å². The van der Waals surface area contributed by atoms with E-state index in [0.717, 1.165) is 36.2 Å². The van der Waals surface area contributed by atoms with Gasteiger partial charge in [0.25, 0.3) is 0 Å². The van der Waals surface area contributed by atoms with Gasteiger partial charge in [-0.1, -0.05) is 41.3 Å². The Balaban J connectivity index is 1.32. The van der Waals surface area contributed by atoms with E-state index in [1.165, 1.54) is 12.1 Å². The Morgan fingerprint density at radius 1 is 0.951 bits per heavy atom. The van der Waals surface area contributed by atoms with Crippen LogP contribution in [0.4, 0.5) is 35.9 Å². The molecule has 0 atom stereocenters. The average molecular weight is 579 g/mol. The molecule has 1 fully saturated rings. The number of aliphatic imine (C=N–C) groups is 1. The van der Waals surface area contributed by atoms with E-state index in [9.17, 15) is 22.5 Å². The van der Waals surface area contributed by atoms with Gasteiger partial charge in [-0.25, -0.2) is 0 Å². The number of phenols is 1. The van der Waals surface area contributed by atoms with E-state index < -0.39 is 17.0 Å². The molecule has 1 aliphatic heterocycles. The third-order valence-corrected chi connectivity index (χ3v) is 8.18. The van der Waals surface area contributed by atoms with Crippen molar-refractivity contribution in [2.24, 2.45) is 9.36 Å². The van der Waals surface area contributed by atoms with Crippen molar-refractivity contribution in [3.8, 4) is 23.0 Å². The minimum atomic E-state index is -4.80. The van der Waals surface area contributed by atoms with Crippen LogP contribution in [0.5, 0.6) is 23.0 Å². The number of halogens is 3. The quantitative estimate of drug-likeness (QED) is 0.155. The van der Waals surface area contributed by atoms with E-state index in [0.29, 0.717) is 28.6 Å². The van der Waals surface area contributed by atoms with E-state index in [2.05, 4.69) is 20.8 Å². The Labute approximate surface area is 235 Å². The number of nitrogens with zero attached hydrogens (tertiary/aromatic N) is 3. The fourth-order valence-electron chi connectivity index (χ4n) is 4.88. The summed E-state index contributed by atoms with van der Waals surface area (Å²) in [5.41, 5.74) is 2.93. The van der Waals surface area contributed by atoms with Gasteiger partial charge < -0.3 is 23.2 Å². The van der Waals surface area contributed by atoms with Gasteiger partial charge in [-0.15, -0.1) is 13.2 Å². The number of rotatable bonds is 7. The Kier molecular flexibility index (Phi) is 6.61. The molecule has 7 nitrogen and oxygen atoms in total. The zero-order valence-electron chi connectivity index (χ0n) is 21.5. The summed E-state index contributed by atoms with van der Waals surface area (Å²) < 4.78 is 64.6. The number of ether oxygens (including phenoxy) is 2. The van der Waals surface area contributed by atoms with Gasteiger partial charge >= 0.3 is 6.36 Å². The molecule has 6 rings (SSSR count). The Morgan fingerprint density at radius 3 is 2.37 bits per heavy atom. The summed E-state index contributed by atoms with van der Waals surface area (Å²) in [5.74, 6) is 0.817. The van der Waals surface area contributed by atoms with Crippen LogP contribution in [-0.4, -0.2) is 24.7 Å². The van der Waals surface area contributed by atoms with E-state index in [1.54, 1.807) is 18.2 Å². The molecule has 4 aromatic carbocycles. The summed E-state index contributed by atoms with van der Waals surface area (Å²) in [6, 6.07) is 23.4. The highest BCUT2D eigenvalue weighted by Crippen LogP contribution is 2.56. The highest BCUT2D eigenvalue weighted by Gasteiger charge is 2.44. The molecule has 1 N–H and O–H groups in total. The Bertz CT molecular complexity index is 1730. The third-order valence-electron chi connectivity index (χ3n) is 7.14. The molecule has 1 heterocycles. The van der Waals surface area contributed by atoms with Crippen molar-refractivity contribution in [1.29, 1.82) is 0 Å². The second-order valence-electron chi connectivity index (χ2n) is 9.73. The number of hydrogen-bond acceptors (Lipinski definition) is 8. The molecule has 0 amide bonds. The summed E-state index contributed by atoms with van der Waals surface area (Å²) in [6.45, 7) is 3.82. The maximum absolute atomic E-state index is 12.9. The molecule has 4 aromatic rings. The maximum atomic E-state index is 12.9. The lowest BCUT2D eigenvalue weighted by molar-refractivity contribution is -0.274. The number of fused-ring (bicyclic) bond motifs is 2. The number of aromatic hydroxyl groups is 1. The normalized spacial score (nSPS) is 15.8. The van der Waals surface area contributed by atoms with Crippen LogP contribution in [0.25, 0.3) is 0 Å². The van der Waals surface area contributed by atoms with Crippen molar-refractivity contribution in [3.05, 3.63) is 90.5 Å². The van der Waals surface area contributed by atoms with Crippen LogP contribution >= 0.6 is 0 Å². The number of phenolic OH excluding ortho intramolecular Hbond substituents is 1. The molecule has 0 saturated heterocycles. The van der Waals surface area contributed by atoms with Crippen LogP contribution in [0, 0.1) is 0 Å². The molecule has 41 heavy (non-hydrogen) atoms. The first kappa shape index (κ1) is 26.7. The fourth-order valence-corrected chi connectivity index (χ4v) is 5.76. The van der Waals surface area contributed by atoms with E-state index in [1.807, 2.05) is 47.4 Å². The van der Waals surface area contributed by atoms with Gasteiger partial charge in [0.1, 0.15) is 11.4 Å². The molecule has 11 heteroatoms. The molecule has 1 saturated carbocycles. The SMILES string of the molecule is C=Nc1cccc(N2c3ccccc3Oc3ccc(C4(CN=[S-](=O)c5ccc(OC(F)(F)F)cc5)CC4)cc32)c1O. The Hall–Kier alpha value is -4.51. The molecular weight excluding hydrogens is 555 g/mol. The smallest absolute Gasteiger partial charge is 0.504 e. The van der Waals surface area contributed by atoms with Gasteiger partial charge in [0.2, 0.25) is 0 Å². The largest absolute Gasteiger partial charge is 0.573 e. The monoisotopic (exact) mass is 578 g/mol. The van der Waals surface area contributed by atoms with Crippen molar-refractivity contribution >= 4 is 40.1 Å². The van der Waals surface area contributed by atoms with E-state index >= 15 is 0 Å². The third kappa shape index (κ3) is 5.20. The number of para-hydroxylation sites is 3. The number of alkyl halides is 3. The lowest BCUT2D eigenvalue weighted by Crippen LogP contribution is -2.18. The number of hydrogen-bond donors (Lipinski definition) is 1.